The normalized spacial score (nSPS) is 13.3. The molecular formula is C21H20N2O3. The molecule has 1 aromatic heterocycles. The molecule has 0 fully saturated rings. The molecule has 1 aliphatic heterocycles. The van der Waals surface area contributed by atoms with Gasteiger partial charge in [0.2, 0.25) is 5.89 Å². The third-order valence-electron chi connectivity index (χ3n) is 4.69. The molecule has 132 valence electrons. The SMILES string of the molecule is COC(=O)c1cccc2c1CCCN2Cc1ncc(-c2ccccc2)o1. The molecule has 2 aromatic carbocycles. The molecule has 3 aromatic rings. The Morgan fingerprint density at radius 3 is 2.85 bits per heavy atom. The highest BCUT2D eigenvalue weighted by atomic mass is 16.5. The first-order valence-corrected chi connectivity index (χ1v) is 8.71. The lowest BCUT2D eigenvalue weighted by Gasteiger charge is -2.31. The van der Waals surface area contributed by atoms with E-state index in [-0.39, 0.29) is 5.97 Å². The van der Waals surface area contributed by atoms with Gasteiger partial charge in [-0.15, -0.1) is 0 Å². The maximum atomic E-state index is 12.0. The van der Waals surface area contributed by atoms with Crippen LogP contribution in [-0.2, 0) is 17.7 Å². The number of ether oxygens (including phenoxy) is 1. The summed E-state index contributed by atoms with van der Waals surface area (Å²) in [6.07, 6.45) is 3.62. The van der Waals surface area contributed by atoms with Gasteiger partial charge in [0.1, 0.15) is 0 Å². The fourth-order valence-electron chi connectivity index (χ4n) is 3.45. The van der Waals surface area contributed by atoms with Crippen molar-refractivity contribution < 1.29 is 13.9 Å². The zero-order chi connectivity index (χ0) is 17.9. The first kappa shape index (κ1) is 16.4. The van der Waals surface area contributed by atoms with Crippen molar-refractivity contribution in [1.82, 2.24) is 4.98 Å². The van der Waals surface area contributed by atoms with Gasteiger partial charge in [-0.2, -0.15) is 0 Å². The van der Waals surface area contributed by atoms with E-state index >= 15 is 0 Å². The van der Waals surface area contributed by atoms with Gasteiger partial charge < -0.3 is 14.1 Å². The Kier molecular flexibility index (Phi) is 4.44. The van der Waals surface area contributed by atoms with Crippen molar-refractivity contribution in [2.24, 2.45) is 0 Å². The van der Waals surface area contributed by atoms with Crippen LogP contribution >= 0.6 is 0 Å². The van der Waals surface area contributed by atoms with E-state index in [2.05, 4.69) is 9.88 Å². The number of anilines is 1. The van der Waals surface area contributed by atoms with Crippen molar-refractivity contribution in [1.29, 1.82) is 0 Å². The summed E-state index contributed by atoms with van der Waals surface area (Å²) in [6, 6.07) is 15.7. The van der Waals surface area contributed by atoms with E-state index in [9.17, 15) is 4.79 Å². The van der Waals surface area contributed by atoms with Gasteiger partial charge in [-0.25, -0.2) is 9.78 Å². The highest BCUT2D eigenvalue weighted by molar-refractivity contribution is 5.93. The Bertz CT molecular complexity index is 918. The first-order valence-electron chi connectivity index (χ1n) is 8.71. The van der Waals surface area contributed by atoms with Crippen molar-refractivity contribution >= 4 is 11.7 Å². The molecule has 0 N–H and O–H groups in total. The molecule has 0 unspecified atom stereocenters. The Balaban J connectivity index is 1.60. The number of hydrogen-bond acceptors (Lipinski definition) is 5. The van der Waals surface area contributed by atoms with E-state index in [0.29, 0.717) is 18.0 Å². The molecule has 0 amide bonds. The molecule has 5 nitrogen and oxygen atoms in total. The number of carbonyl (C=O) groups excluding carboxylic acids is 1. The summed E-state index contributed by atoms with van der Waals surface area (Å²) in [5.41, 5.74) is 3.75. The van der Waals surface area contributed by atoms with Gasteiger partial charge in [-0.05, 0) is 30.5 Å². The van der Waals surface area contributed by atoms with Crippen LogP contribution in [0, 0.1) is 0 Å². The number of rotatable bonds is 4. The number of hydrogen-bond donors (Lipinski definition) is 0. The van der Waals surface area contributed by atoms with E-state index in [4.69, 9.17) is 9.15 Å². The van der Waals surface area contributed by atoms with Gasteiger partial charge in [0.15, 0.2) is 5.76 Å². The highest BCUT2D eigenvalue weighted by Crippen LogP contribution is 2.32. The zero-order valence-electron chi connectivity index (χ0n) is 14.6. The first-order chi connectivity index (χ1) is 12.8. The molecule has 0 saturated heterocycles. The lowest BCUT2D eigenvalue weighted by molar-refractivity contribution is 0.0599. The summed E-state index contributed by atoms with van der Waals surface area (Å²) < 4.78 is 10.9. The monoisotopic (exact) mass is 348 g/mol. The molecule has 1 aliphatic rings. The predicted molar refractivity (Wildman–Crippen MR) is 99.1 cm³/mol. The second-order valence-electron chi connectivity index (χ2n) is 6.30. The van der Waals surface area contributed by atoms with E-state index in [1.54, 1.807) is 6.20 Å². The second-order valence-corrected chi connectivity index (χ2v) is 6.30. The van der Waals surface area contributed by atoms with Gasteiger partial charge in [0.05, 0.1) is 25.4 Å². The zero-order valence-corrected chi connectivity index (χ0v) is 14.6. The van der Waals surface area contributed by atoms with Gasteiger partial charge in [-0.3, -0.25) is 0 Å². The van der Waals surface area contributed by atoms with Gasteiger partial charge in [0.25, 0.3) is 0 Å². The molecule has 0 saturated carbocycles. The number of aromatic nitrogens is 1. The summed E-state index contributed by atoms with van der Waals surface area (Å²) in [5.74, 6) is 1.15. The highest BCUT2D eigenvalue weighted by Gasteiger charge is 2.23. The smallest absolute Gasteiger partial charge is 0.338 e. The van der Waals surface area contributed by atoms with Crippen molar-refractivity contribution in [2.45, 2.75) is 19.4 Å². The molecule has 4 rings (SSSR count). The topological polar surface area (TPSA) is 55.6 Å². The van der Waals surface area contributed by atoms with Crippen LogP contribution in [0.4, 0.5) is 5.69 Å². The largest absolute Gasteiger partial charge is 0.465 e. The maximum absolute atomic E-state index is 12.0. The fraction of sp³-hybridized carbons (Fsp3) is 0.238. The molecule has 2 heterocycles. The molecule has 0 bridgehead atoms. The molecule has 0 atom stereocenters. The number of fused-ring (bicyclic) bond motifs is 1. The number of carbonyl (C=O) groups is 1. The van der Waals surface area contributed by atoms with Crippen molar-refractivity contribution in [3.8, 4) is 11.3 Å². The lowest BCUT2D eigenvalue weighted by atomic mass is 9.96. The van der Waals surface area contributed by atoms with Crippen LogP contribution in [0.25, 0.3) is 11.3 Å². The minimum Gasteiger partial charge on any atom is -0.465 e. The summed E-state index contributed by atoms with van der Waals surface area (Å²) in [7, 11) is 1.42. The average Bonchev–Trinajstić information content (AvgIpc) is 3.16. The Labute approximate surface area is 152 Å². The van der Waals surface area contributed by atoms with Gasteiger partial charge in [-0.1, -0.05) is 36.4 Å². The van der Waals surface area contributed by atoms with Crippen LogP contribution in [-0.4, -0.2) is 24.6 Å². The standard InChI is InChI=1S/C21H20N2O3/c1-25-21(24)17-9-5-11-18-16(17)10-6-12-23(18)14-20-22-13-19(26-20)15-7-3-2-4-8-15/h2-5,7-9,11,13H,6,10,12,14H2,1H3. The Hall–Kier alpha value is -3.08. The second kappa shape index (κ2) is 7.04. The van der Waals surface area contributed by atoms with E-state index in [1.165, 1.54) is 7.11 Å². The third-order valence-corrected chi connectivity index (χ3v) is 4.69. The summed E-state index contributed by atoms with van der Waals surface area (Å²) >= 11 is 0. The van der Waals surface area contributed by atoms with E-state index in [1.807, 2.05) is 48.5 Å². The quantitative estimate of drug-likeness (QED) is 0.665. The predicted octanol–water partition coefficient (Wildman–Crippen LogP) is 4.08. The minimum absolute atomic E-state index is 0.286. The number of nitrogens with zero attached hydrogens (tertiary/aromatic N) is 2. The van der Waals surface area contributed by atoms with Crippen molar-refractivity contribution in [2.75, 3.05) is 18.6 Å². The molecule has 26 heavy (non-hydrogen) atoms. The van der Waals surface area contributed by atoms with Crippen LogP contribution < -0.4 is 4.90 Å². The molecule has 5 heteroatoms. The number of oxazole rings is 1. The van der Waals surface area contributed by atoms with E-state index in [0.717, 1.165) is 42.0 Å². The average molecular weight is 348 g/mol. The molecule has 0 radical (unpaired) electrons. The van der Waals surface area contributed by atoms with Crippen molar-refractivity contribution in [3.05, 3.63) is 71.7 Å². The molecule has 0 aliphatic carbocycles. The van der Waals surface area contributed by atoms with Crippen LogP contribution in [0.5, 0.6) is 0 Å². The number of benzene rings is 2. The number of methoxy groups -OCH3 is 1. The minimum atomic E-state index is -0.286. The fourth-order valence-corrected chi connectivity index (χ4v) is 3.45. The molecular weight excluding hydrogens is 328 g/mol. The summed E-state index contributed by atoms with van der Waals surface area (Å²) in [5, 5.41) is 0. The van der Waals surface area contributed by atoms with Gasteiger partial charge >= 0.3 is 5.97 Å². The van der Waals surface area contributed by atoms with Crippen LogP contribution in [0.1, 0.15) is 28.2 Å². The summed E-state index contributed by atoms with van der Waals surface area (Å²) in [4.78, 5) is 18.7. The van der Waals surface area contributed by atoms with Crippen LogP contribution in [0.15, 0.2) is 59.1 Å². The summed E-state index contributed by atoms with van der Waals surface area (Å²) in [6.45, 7) is 1.48. The van der Waals surface area contributed by atoms with Crippen LogP contribution in [0.2, 0.25) is 0 Å². The third kappa shape index (κ3) is 3.08. The Morgan fingerprint density at radius 2 is 2.04 bits per heavy atom. The van der Waals surface area contributed by atoms with Crippen LogP contribution in [0.3, 0.4) is 0 Å². The maximum Gasteiger partial charge on any atom is 0.338 e. The molecule has 0 spiro atoms. The Morgan fingerprint density at radius 1 is 1.19 bits per heavy atom. The van der Waals surface area contributed by atoms with Gasteiger partial charge in [0, 0.05) is 17.8 Å². The number of esters is 1. The van der Waals surface area contributed by atoms with Crippen molar-refractivity contribution in [3.63, 3.8) is 0 Å². The van der Waals surface area contributed by atoms with E-state index < -0.39 is 0 Å². The lowest BCUT2D eigenvalue weighted by Crippen LogP contribution is -2.30.